The molecule has 1 unspecified atom stereocenters. The Morgan fingerprint density at radius 3 is 2.80 bits per heavy atom. The van der Waals surface area contributed by atoms with E-state index in [0.717, 1.165) is 71.0 Å². The fraction of sp³-hybridized carbons (Fsp3) is 0.312. The summed E-state index contributed by atoms with van der Waals surface area (Å²) in [5.41, 5.74) is 5.08. The summed E-state index contributed by atoms with van der Waals surface area (Å²) in [6.07, 6.45) is 12.1. The minimum atomic E-state index is -0.845. The Kier molecular flexibility index (Phi) is 6.92. The van der Waals surface area contributed by atoms with E-state index in [1.807, 2.05) is 29.8 Å². The van der Waals surface area contributed by atoms with Crippen molar-refractivity contribution in [3.05, 3.63) is 107 Å². The Morgan fingerprint density at radius 1 is 1.20 bits per heavy atom. The van der Waals surface area contributed by atoms with Crippen LogP contribution in [0, 0.1) is 12.7 Å². The van der Waals surface area contributed by atoms with Crippen LogP contribution in [0.1, 0.15) is 48.9 Å². The zero-order chi connectivity index (χ0) is 27.7. The number of halogens is 1. The summed E-state index contributed by atoms with van der Waals surface area (Å²) < 4.78 is 27.3. The van der Waals surface area contributed by atoms with Gasteiger partial charge in [-0.25, -0.2) is 9.37 Å². The smallest absolute Gasteiger partial charge is 0.237 e. The van der Waals surface area contributed by atoms with E-state index < -0.39 is 5.72 Å². The van der Waals surface area contributed by atoms with Crippen molar-refractivity contribution < 1.29 is 18.7 Å². The van der Waals surface area contributed by atoms with Crippen LogP contribution < -0.4 is 4.74 Å². The molecular weight excluding hydrogens is 507 g/mol. The molecule has 3 aromatic rings. The number of amidine groups is 1. The molecule has 0 N–H and O–H groups in total. The highest BCUT2D eigenvalue weighted by atomic mass is 19.1. The molecule has 0 bridgehead atoms. The maximum Gasteiger partial charge on any atom is 0.237 e. The Hall–Kier alpha value is -4.33. The van der Waals surface area contributed by atoms with Gasteiger partial charge in [-0.05, 0) is 73.2 Å². The van der Waals surface area contributed by atoms with Crippen LogP contribution >= 0.6 is 0 Å². The van der Waals surface area contributed by atoms with Crippen LogP contribution in [0.5, 0.6) is 5.75 Å². The third-order valence-corrected chi connectivity index (χ3v) is 7.80. The summed E-state index contributed by atoms with van der Waals surface area (Å²) in [6.45, 7) is 7.48. The number of methoxy groups -OCH3 is 1. The third-order valence-electron chi connectivity index (χ3n) is 7.80. The topological polar surface area (TPSA) is 61.1 Å². The number of rotatable bonds is 7. The lowest BCUT2D eigenvalue weighted by atomic mass is 9.89. The lowest BCUT2D eigenvalue weighted by Gasteiger charge is -2.40. The predicted molar refractivity (Wildman–Crippen MR) is 152 cm³/mol. The van der Waals surface area contributed by atoms with Gasteiger partial charge in [0.1, 0.15) is 17.3 Å². The number of piperidine rings is 1. The molecule has 0 radical (unpaired) electrons. The van der Waals surface area contributed by atoms with Gasteiger partial charge in [0.05, 0.1) is 31.4 Å². The zero-order valence-corrected chi connectivity index (χ0v) is 22.9. The number of oxime groups is 1. The molecule has 0 spiro atoms. The number of nitrogens with zero attached hydrogens (tertiary/aromatic N) is 4. The number of aryl methyl sites for hydroxylation is 1. The largest absolute Gasteiger partial charge is 0.495 e. The molecule has 0 saturated carbocycles. The number of benzene rings is 2. The van der Waals surface area contributed by atoms with E-state index in [2.05, 4.69) is 39.8 Å². The van der Waals surface area contributed by atoms with E-state index in [1.165, 1.54) is 12.1 Å². The molecule has 8 heteroatoms. The SMILES string of the molecule is C=C1OCCC=C1CCC1(c2ccc(F)cc2)ON=C2C(=Cc3ccc(-n4cnc(C)c4)c(OC)c3)CCCN21. The average Bonchev–Trinajstić information content (AvgIpc) is 3.58. The van der Waals surface area contributed by atoms with Crippen molar-refractivity contribution in [3.8, 4) is 11.4 Å². The molecule has 6 rings (SSSR count). The predicted octanol–water partition coefficient (Wildman–Crippen LogP) is 6.64. The fourth-order valence-electron chi connectivity index (χ4n) is 5.75. The van der Waals surface area contributed by atoms with Gasteiger partial charge < -0.3 is 23.8 Å². The Labute approximate surface area is 233 Å². The van der Waals surface area contributed by atoms with Crippen LogP contribution in [0.2, 0.25) is 0 Å². The van der Waals surface area contributed by atoms with E-state index in [0.29, 0.717) is 25.2 Å². The van der Waals surface area contributed by atoms with Gasteiger partial charge in [0.15, 0.2) is 5.84 Å². The second-order valence-electron chi connectivity index (χ2n) is 10.4. The van der Waals surface area contributed by atoms with Crippen molar-refractivity contribution in [2.24, 2.45) is 5.16 Å². The second-order valence-corrected chi connectivity index (χ2v) is 10.4. The molecule has 4 heterocycles. The van der Waals surface area contributed by atoms with Gasteiger partial charge in [0.25, 0.3) is 0 Å². The van der Waals surface area contributed by atoms with Gasteiger partial charge in [-0.1, -0.05) is 36.0 Å². The van der Waals surface area contributed by atoms with Crippen LogP contribution in [-0.2, 0) is 15.3 Å². The van der Waals surface area contributed by atoms with E-state index in [1.54, 1.807) is 25.6 Å². The van der Waals surface area contributed by atoms with Gasteiger partial charge in [0, 0.05) is 31.1 Å². The summed E-state index contributed by atoms with van der Waals surface area (Å²) in [6, 6.07) is 12.7. The molecule has 40 heavy (non-hydrogen) atoms. The van der Waals surface area contributed by atoms with E-state index in [9.17, 15) is 4.39 Å². The van der Waals surface area contributed by atoms with E-state index >= 15 is 0 Å². The second kappa shape index (κ2) is 10.7. The first kappa shape index (κ1) is 25.9. The lowest BCUT2D eigenvalue weighted by Crippen LogP contribution is -2.49. The van der Waals surface area contributed by atoms with Gasteiger partial charge in [-0.15, -0.1) is 0 Å². The van der Waals surface area contributed by atoms with Crippen molar-refractivity contribution in [2.75, 3.05) is 20.3 Å². The molecule has 1 aromatic heterocycles. The highest BCUT2D eigenvalue weighted by Gasteiger charge is 2.49. The highest BCUT2D eigenvalue weighted by molar-refractivity contribution is 6.03. The molecule has 3 aliphatic heterocycles. The maximum absolute atomic E-state index is 13.9. The number of aromatic nitrogens is 2. The summed E-state index contributed by atoms with van der Waals surface area (Å²) in [4.78, 5) is 12.9. The minimum Gasteiger partial charge on any atom is -0.495 e. The molecule has 1 fully saturated rings. The maximum atomic E-state index is 13.9. The van der Waals surface area contributed by atoms with Crippen molar-refractivity contribution >= 4 is 11.9 Å². The minimum absolute atomic E-state index is 0.280. The Morgan fingerprint density at radius 2 is 2.05 bits per heavy atom. The summed E-state index contributed by atoms with van der Waals surface area (Å²) in [7, 11) is 1.68. The zero-order valence-electron chi connectivity index (χ0n) is 22.9. The Bertz CT molecular complexity index is 1520. The first-order valence-corrected chi connectivity index (χ1v) is 13.7. The van der Waals surface area contributed by atoms with Crippen molar-refractivity contribution in [3.63, 3.8) is 0 Å². The standard InChI is InChI=1S/C32H33FN4O3/c1-22-20-36(21-34-22)29-13-8-24(19-30(29)38-3)18-26-6-4-16-37-31(26)35-40-32(37,27-9-11-28(33)12-10-27)15-14-25-7-5-17-39-23(25)2/h7-13,18-21H,2,4-6,14-17H2,1,3H3. The van der Waals surface area contributed by atoms with E-state index in [4.69, 9.17) is 14.3 Å². The van der Waals surface area contributed by atoms with E-state index in [-0.39, 0.29) is 5.82 Å². The molecule has 0 aliphatic carbocycles. The van der Waals surface area contributed by atoms with Gasteiger partial charge in [-0.3, -0.25) is 0 Å². The third kappa shape index (κ3) is 4.78. The molecule has 2 aromatic carbocycles. The number of fused-ring (bicyclic) bond motifs is 1. The van der Waals surface area contributed by atoms with Crippen LogP contribution in [0.3, 0.4) is 0 Å². The number of hydrogen-bond acceptors (Lipinski definition) is 6. The molecular formula is C32H33FN4O3. The van der Waals surface area contributed by atoms with Crippen molar-refractivity contribution in [1.29, 1.82) is 0 Å². The molecule has 1 atom stereocenters. The molecule has 1 saturated heterocycles. The summed E-state index contributed by atoms with van der Waals surface area (Å²) >= 11 is 0. The van der Waals surface area contributed by atoms with Gasteiger partial charge >= 0.3 is 0 Å². The number of ether oxygens (including phenoxy) is 2. The number of allylic oxidation sites excluding steroid dienone is 1. The molecule has 206 valence electrons. The molecule has 0 amide bonds. The summed E-state index contributed by atoms with van der Waals surface area (Å²) in [5, 5.41) is 4.64. The quantitative estimate of drug-likeness (QED) is 0.336. The van der Waals surface area contributed by atoms with Crippen LogP contribution in [0.4, 0.5) is 4.39 Å². The number of hydrogen-bond donors (Lipinski definition) is 0. The highest BCUT2D eigenvalue weighted by Crippen LogP contribution is 2.45. The van der Waals surface area contributed by atoms with Gasteiger partial charge in [0.2, 0.25) is 5.72 Å². The average molecular weight is 541 g/mol. The van der Waals surface area contributed by atoms with Crippen LogP contribution in [0.15, 0.2) is 89.7 Å². The Balaban J connectivity index is 1.32. The first-order valence-electron chi connectivity index (χ1n) is 13.7. The lowest BCUT2D eigenvalue weighted by molar-refractivity contribution is -0.112. The normalized spacial score (nSPS) is 21.4. The van der Waals surface area contributed by atoms with Crippen LogP contribution in [0.25, 0.3) is 11.8 Å². The first-order chi connectivity index (χ1) is 19.5. The van der Waals surface area contributed by atoms with Crippen molar-refractivity contribution in [1.82, 2.24) is 14.5 Å². The number of imidazole rings is 1. The van der Waals surface area contributed by atoms with Crippen molar-refractivity contribution in [2.45, 2.75) is 44.8 Å². The molecule has 7 nitrogen and oxygen atoms in total. The molecule has 3 aliphatic rings. The van der Waals surface area contributed by atoms with Gasteiger partial charge in [-0.2, -0.15) is 0 Å². The monoisotopic (exact) mass is 540 g/mol. The summed E-state index contributed by atoms with van der Waals surface area (Å²) in [5.74, 6) is 2.00. The van der Waals surface area contributed by atoms with Crippen LogP contribution in [-0.4, -0.2) is 40.5 Å². The fourth-order valence-corrected chi connectivity index (χ4v) is 5.75.